The molecule has 0 unspecified atom stereocenters. The van der Waals surface area contributed by atoms with Gasteiger partial charge in [-0.3, -0.25) is 4.90 Å². The maximum absolute atomic E-state index is 11.1. The highest BCUT2D eigenvalue weighted by molar-refractivity contribution is 8.00. The molecule has 0 atom stereocenters. The highest BCUT2D eigenvalue weighted by Crippen LogP contribution is 2.44. The van der Waals surface area contributed by atoms with Crippen molar-refractivity contribution in [3.05, 3.63) is 18.2 Å². The number of amides is 2. The lowest BCUT2D eigenvalue weighted by molar-refractivity contribution is 0.254. The third-order valence-corrected chi connectivity index (χ3v) is 3.09. The number of urea groups is 1. The van der Waals surface area contributed by atoms with E-state index >= 15 is 0 Å². The van der Waals surface area contributed by atoms with Gasteiger partial charge in [0.2, 0.25) is 0 Å². The summed E-state index contributed by atoms with van der Waals surface area (Å²) in [5.74, 6) is 1.25. The maximum atomic E-state index is 11.1. The minimum atomic E-state index is -0.444. The number of primary amides is 1. The molecule has 1 aromatic carbocycles. The lowest BCUT2D eigenvalue weighted by Gasteiger charge is -2.15. The predicted molar refractivity (Wildman–Crippen MR) is 55.8 cm³/mol. The van der Waals surface area contributed by atoms with E-state index in [9.17, 15) is 4.79 Å². The van der Waals surface area contributed by atoms with Crippen molar-refractivity contribution in [2.75, 3.05) is 17.9 Å². The second-order valence-electron chi connectivity index (χ2n) is 2.85. The molecule has 14 heavy (non-hydrogen) atoms. The van der Waals surface area contributed by atoms with E-state index in [2.05, 4.69) is 0 Å². The van der Waals surface area contributed by atoms with Crippen molar-refractivity contribution < 1.29 is 9.53 Å². The van der Waals surface area contributed by atoms with Crippen LogP contribution in [0.25, 0.3) is 0 Å². The standard InChI is InChI=1S/C9H10N2O2S/c1-13-6-3-2-4-7-8(6)11(5-14-7)9(10)12/h2-4H,5H2,1H3,(H2,10,12). The van der Waals surface area contributed by atoms with Crippen molar-refractivity contribution in [1.29, 1.82) is 0 Å². The molecule has 1 aliphatic rings. The SMILES string of the molecule is COc1cccc2c1N(C(N)=O)CS2. The lowest BCUT2D eigenvalue weighted by atomic mass is 10.3. The summed E-state index contributed by atoms with van der Waals surface area (Å²) in [4.78, 5) is 13.7. The Morgan fingerprint density at radius 1 is 1.64 bits per heavy atom. The van der Waals surface area contributed by atoms with Crippen molar-refractivity contribution in [2.45, 2.75) is 4.90 Å². The van der Waals surface area contributed by atoms with Crippen molar-refractivity contribution in [3.63, 3.8) is 0 Å². The molecule has 1 aliphatic heterocycles. The Kier molecular flexibility index (Phi) is 2.25. The summed E-state index contributed by atoms with van der Waals surface area (Å²) in [6.07, 6.45) is 0. The zero-order chi connectivity index (χ0) is 10.1. The van der Waals surface area contributed by atoms with Crippen molar-refractivity contribution >= 4 is 23.5 Å². The van der Waals surface area contributed by atoms with Gasteiger partial charge in [0.15, 0.2) is 0 Å². The number of ether oxygens (including phenoxy) is 1. The number of hydrogen-bond donors (Lipinski definition) is 1. The van der Waals surface area contributed by atoms with Crippen LogP contribution >= 0.6 is 11.8 Å². The molecule has 1 heterocycles. The summed E-state index contributed by atoms with van der Waals surface area (Å²) < 4.78 is 5.17. The average Bonchev–Trinajstić information content (AvgIpc) is 2.60. The van der Waals surface area contributed by atoms with Crippen molar-refractivity contribution in [1.82, 2.24) is 0 Å². The predicted octanol–water partition coefficient (Wildman–Crippen LogP) is 1.64. The number of para-hydroxylation sites is 1. The fraction of sp³-hybridized carbons (Fsp3) is 0.222. The fourth-order valence-electron chi connectivity index (χ4n) is 1.42. The molecule has 0 saturated carbocycles. The van der Waals surface area contributed by atoms with Gasteiger partial charge in [0.25, 0.3) is 0 Å². The van der Waals surface area contributed by atoms with Gasteiger partial charge in [-0.15, -0.1) is 11.8 Å². The summed E-state index contributed by atoms with van der Waals surface area (Å²) in [6.45, 7) is 0. The molecule has 0 aromatic heterocycles. The van der Waals surface area contributed by atoms with E-state index in [0.717, 1.165) is 10.6 Å². The average molecular weight is 210 g/mol. The number of benzene rings is 1. The first kappa shape index (κ1) is 9.21. The second-order valence-corrected chi connectivity index (χ2v) is 3.83. The molecule has 0 aliphatic carbocycles. The van der Waals surface area contributed by atoms with Crippen molar-refractivity contribution in [2.24, 2.45) is 5.73 Å². The van der Waals surface area contributed by atoms with Gasteiger partial charge in [-0.25, -0.2) is 4.79 Å². The minimum Gasteiger partial charge on any atom is -0.495 e. The van der Waals surface area contributed by atoms with Gasteiger partial charge >= 0.3 is 6.03 Å². The molecule has 5 heteroatoms. The molecule has 0 saturated heterocycles. The summed E-state index contributed by atoms with van der Waals surface area (Å²) in [5.41, 5.74) is 6.04. The topological polar surface area (TPSA) is 55.6 Å². The third-order valence-electron chi connectivity index (χ3n) is 2.07. The van der Waals surface area contributed by atoms with Crippen LogP contribution in [0.15, 0.2) is 23.1 Å². The molecule has 2 amide bonds. The molecule has 0 fully saturated rings. The van der Waals surface area contributed by atoms with Crippen LogP contribution in [0.5, 0.6) is 5.75 Å². The van der Waals surface area contributed by atoms with E-state index in [4.69, 9.17) is 10.5 Å². The zero-order valence-electron chi connectivity index (χ0n) is 7.69. The Balaban J connectivity index is 2.50. The molecule has 74 valence electrons. The Labute approximate surface area is 86.0 Å². The first-order valence-electron chi connectivity index (χ1n) is 4.11. The Morgan fingerprint density at radius 2 is 2.43 bits per heavy atom. The zero-order valence-corrected chi connectivity index (χ0v) is 8.50. The summed E-state index contributed by atoms with van der Waals surface area (Å²) >= 11 is 1.58. The van der Waals surface area contributed by atoms with E-state index in [1.54, 1.807) is 18.9 Å². The normalized spacial score (nSPS) is 13.9. The molecule has 2 N–H and O–H groups in total. The van der Waals surface area contributed by atoms with Gasteiger partial charge in [-0.05, 0) is 12.1 Å². The van der Waals surface area contributed by atoms with Crippen LogP contribution in [0.4, 0.5) is 10.5 Å². The number of rotatable bonds is 1. The number of carbonyl (C=O) groups excluding carboxylic acids is 1. The largest absolute Gasteiger partial charge is 0.495 e. The molecule has 1 aromatic rings. The van der Waals surface area contributed by atoms with Crippen LogP contribution in [0.2, 0.25) is 0 Å². The molecular formula is C9H10N2O2S. The monoisotopic (exact) mass is 210 g/mol. The Bertz CT molecular complexity index is 381. The number of thioether (sulfide) groups is 1. The van der Waals surface area contributed by atoms with Crippen LogP contribution in [-0.4, -0.2) is 19.0 Å². The smallest absolute Gasteiger partial charge is 0.320 e. The van der Waals surface area contributed by atoms with Gasteiger partial charge in [-0.1, -0.05) is 6.07 Å². The van der Waals surface area contributed by atoms with Gasteiger partial charge < -0.3 is 10.5 Å². The number of carbonyl (C=O) groups is 1. The molecular weight excluding hydrogens is 200 g/mol. The highest BCUT2D eigenvalue weighted by Gasteiger charge is 2.26. The lowest BCUT2D eigenvalue weighted by Crippen LogP contribution is -2.33. The van der Waals surface area contributed by atoms with E-state index in [1.807, 2.05) is 18.2 Å². The number of anilines is 1. The minimum absolute atomic E-state index is 0.444. The number of nitrogens with two attached hydrogens (primary N) is 1. The second kappa shape index (κ2) is 3.42. The molecule has 0 spiro atoms. The third kappa shape index (κ3) is 1.29. The molecule has 2 rings (SSSR count). The fourth-order valence-corrected chi connectivity index (χ4v) is 2.47. The Hall–Kier alpha value is -1.36. The van der Waals surface area contributed by atoms with E-state index in [-0.39, 0.29) is 0 Å². The first-order valence-corrected chi connectivity index (χ1v) is 5.09. The van der Waals surface area contributed by atoms with Crippen LogP contribution in [0.3, 0.4) is 0 Å². The van der Waals surface area contributed by atoms with Crippen LogP contribution in [0.1, 0.15) is 0 Å². The van der Waals surface area contributed by atoms with Crippen molar-refractivity contribution in [3.8, 4) is 5.75 Å². The first-order chi connectivity index (χ1) is 6.74. The molecule has 4 nitrogen and oxygen atoms in total. The number of nitrogens with zero attached hydrogens (tertiary/aromatic N) is 1. The summed E-state index contributed by atoms with van der Waals surface area (Å²) in [6, 6.07) is 5.22. The number of fused-ring (bicyclic) bond motifs is 1. The van der Waals surface area contributed by atoms with E-state index < -0.39 is 6.03 Å². The maximum Gasteiger partial charge on any atom is 0.320 e. The van der Waals surface area contributed by atoms with Crippen LogP contribution in [0, 0.1) is 0 Å². The quantitative estimate of drug-likeness (QED) is 0.766. The van der Waals surface area contributed by atoms with Gasteiger partial charge in [0, 0.05) is 4.90 Å². The van der Waals surface area contributed by atoms with Gasteiger partial charge in [-0.2, -0.15) is 0 Å². The van der Waals surface area contributed by atoms with Crippen LogP contribution in [-0.2, 0) is 0 Å². The van der Waals surface area contributed by atoms with Gasteiger partial charge in [0.05, 0.1) is 13.0 Å². The molecule has 0 radical (unpaired) electrons. The summed E-state index contributed by atoms with van der Waals surface area (Å²) in [5, 5.41) is 0. The number of methoxy groups -OCH3 is 1. The number of hydrogen-bond acceptors (Lipinski definition) is 3. The Morgan fingerprint density at radius 3 is 3.07 bits per heavy atom. The summed E-state index contributed by atoms with van der Waals surface area (Å²) in [7, 11) is 1.58. The van der Waals surface area contributed by atoms with Crippen LogP contribution < -0.4 is 15.4 Å². The van der Waals surface area contributed by atoms with E-state index in [0.29, 0.717) is 11.6 Å². The highest BCUT2D eigenvalue weighted by atomic mass is 32.2. The molecule has 0 bridgehead atoms. The van der Waals surface area contributed by atoms with Gasteiger partial charge in [0.1, 0.15) is 11.4 Å². The van der Waals surface area contributed by atoms with E-state index in [1.165, 1.54) is 4.90 Å².